The Morgan fingerprint density at radius 1 is 1.56 bits per heavy atom. The van der Waals surface area contributed by atoms with Crippen molar-refractivity contribution >= 4 is 11.8 Å². The monoisotopic (exact) mass is 248 g/mol. The number of carbonyl (C=O) groups excluding carboxylic acids is 1. The molecule has 0 aliphatic rings. The Morgan fingerprint density at radius 2 is 2.28 bits per heavy atom. The van der Waals surface area contributed by atoms with E-state index >= 15 is 0 Å². The molecule has 1 aromatic rings. The molecule has 18 heavy (non-hydrogen) atoms. The van der Waals surface area contributed by atoms with Gasteiger partial charge in [0.1, 0.15) is 11.9 Å². The molecule has 0 spiro atoms. The van der Waals surface area contributed by atoms with Gasteiger partial charge in [-0.1, -0.05) is 6.92 Å². The number of esters is 1. The number of carbonyl (C=O) groups is 1. The minimum absolute atomic E-state index is 0.243. The molecule has 1 rings (SSSR count). The highest BCUT2D eigenvalue weighted by molar-refractivity contribution is 5.72. The van der Waals surface area contributed by atoms with Crippen LogP contribution < -0.4 is 4.90 Å². The van der Waals surface area contributed by atoms with Gasteiger partial charge < -0.3 is 9.64 Å². The first-order valence-corrected chi connectivity index (χ1v) is 5.67. The van der Waals surface area contributed by atoms with Gasteiger partial charge in [-0.2, -0.15) is 5.26 Å². The van der Waals surface area contributed by atoms with Crippen molar-refractivity contribution in [3.8, 4) is 6.07 Å². The third-order valence-corrected chi connectivity index (χ3v) is 2.56. The van der Waals surface area contributed by atoms with E-state index in [4.69, 9.17) is 5.26 Å². The standard InChI is InChI=1S/C12H16N4O2/c1-4-16(8-9(2)12(17)18-3)11-7-14-10(5-13)6-15-11/h6-7,9H,4,8H2,1-3H3. The van der Waals surface area contributed by atoms with E-state index in [1.807, 2.05) is 17.9 Å². The second-order valence-electron chi connectivity index (χ2n) is 3.83. The van der Waals surface area contributed by atoms with Crippen molar-refractivity contribution in [3.63, 3.8) is 0 Å². The van der Waals surface area contributed by atoms with Gasteiger partial charge in [0, 0.05) is 13.1 Å². The molecule has 1 atom stereocenters. The van der Waals surface area contributed by atoms with Crippen molar-refractivity contribution in [1.82, 2.24) is 9.97 Å². The van der Waals surface area contributed by atoms with Gasteiger partial charge in [-0.15, -0.1) is 0 Å². The predicted octanol–water partition coefficient (Wildman–Crippen LogP) is 0.984. The Kier molecular flexibility index (Phi) is 5.06. The molecule has 1 aromatic heterocycles. The van der Waals surface area contributed by atoms with Crippen molar-refractivity contribution in [2.75, 3.05) is 25.1 Å². The first kappa shape index (κ1) is 13.9. The number of aromatic nitrogens is 2. The first-order chi connectivity index (χ1) is 8.62. The summed E-state index contributed by atoms with van der Waals surface area (Å²) < 4.78 is 4.69. The molecule has 0 aliphatic heterocycles. The van der Waals surface area contributed by atoms with Crippen LogP contribution in [0.1, 0.15) is 19.5 Å². The molecule has 0 aliphatic carbocycles. The Labute approximate surface area is 106 Å². The highest BCUT2D eigenvalue weighted by Crippen LogP contribution is 2.11. The largest absolute Gasteiger partial charge is 0.469 e. The molecule has 0 saturated heterocycles. The van der Waals surface area contributed by atoms with Crippen LogP contribution in [-0.4, -0.2) is 36.1 Å². The number of nitriles is 1. The summed E-state index contributed by atoms with van der Waals surface area (Å²) in [5.74, 6) is 0.148. The highest BCUT2D eigenvalue weighted by Gasteiger charge is 2.17. The van der Waals surface area contributed by atoms with E-state index in [2.05, 4.69) is 14.7 Å². The summed E-state index contributed by atoms with van der Waals surface area (Å²) in [5, 5.41) is 8.65. The lowest BCUT2D eigenvalue weighted by Gasteiger charge is -2.23. The molecule has 0 amide bonds. The predicted molar refractivity (Wildman–Crippen MR) is 65.8 cm³/mol. The normalized spacial score (nSPS) is 11.4. The van der Waals surface area contributed by atoms with Crippen LogP contribution in [0.15, 0.2) is 12.4 Å². The van der Waals surface area contributed by atoms with Crippen LogP contribution >= 0.6 is 0 Å². The lowest BCUT2D eigenvalue weighted by Crippen LogP contribution is -2.33. The average Bonchev–Trinajstić information content (AvgIpc) is 2.43. The molecular formula is C12H16N4O2. The van der Waals surface area contributed by atoms with Crippen LogP contribution in [0.3, 0.4) is 0 Å². The SMILES string of the molecule is CCN(CC(C)C(=O)OC)c1cnc(C#N)cn1. The fourth-order valence-corrected chi connectivity index (χ4v) is 1.53. The van der Waals surface area contributed by atoms with E-state index in [-0.39, 0.29) is 17.6 Å². The van der Waals surface area contributed by atoms with E-state index in [1.165, 1.54) is 19.5 Å². The summed E-state index contributed by atoms with van der Waals surface area (Å²) in [6.07, 6.45) is 2.95. The molecule has 96 valence electrons. The second-order valence-corrected chi connectivity index (χ2v) is 3.83. The molecule has 6 nitrogen and oxygen atoms in total. The van der Waals surface area contributed by atoms with Crippen molar-refractivity contribution < 1.29 is 9.53 Å². The number of ether oxygens (including phenoxy) is 1. The second kappa shape index (κ2) is 6.55. The molecule has 0 aromatic carbocycles. The minimum Gasteiger partial charge on any atom is -0.469 e. The van der Waals surface area contributed by atoms with Crippen molar-refractivity contribution in [1.29, 1.82) is 5.26 Å². The smallest absolute Gasteiger partial charge is 0.310 e. The highest BCUT2D eigenvalue weighted by atomic mass is 16.5. The summed E-state index contributed by atoms with van der Waals surface area (Å²) in [5.41, 5.74) is 0.274. The van der Waals surface area contributed by atoms with Gasteiger partial charge in [0.15, 0.2) is 5.69 Å². The summed E-state index contributed by atoms with van der Waals surface area (Å²) >= 11 is 0. The van der Waals surface area contributed by atoms with Crippen molar-refractivity contribution in [2.24, 2.45) is 5.92 Å². The molecule has 0 bridgehead atoms. The topological polar surface area (TPSA) is 79.1 Å². The summed E-state index contributed by atoms with van der Waals surface area (Å²) in [6.45, 7) is 4.96. The third-order valence-electron chi connectivity index (χ3n) is 2.56. The van der Waals surface area contributed by atoms with Crippen molar-refractivity contribution in [2.45, 2.75) is 13.8 Å². The van der Waals surface area contributed by atoms with Gasteiger partial charge in [0.25, 0.3) is 0 Å². The average molecular weight is 248 g/mol. The molecular weight excluding hydrogens is 232 g/mol. The number of hydrogen-bond donors (Lipinski definition) is 0. The molecule has 0 fully saturated rings. The van der Waals surface area contributed by atoms with E-state index in [0.717, 1.165) is 0 Å². The van der Waals surface area contributed by atoms with Gasteiger partial charge >= 0.3 is 5.97 Å². The molecule has 1 unspecified atom stereocenters. The summed E-state index contributed by atoms with van der Waals surface area (Å²) in [4.78, 5) is 21.4. The summed E-state index contributed by atoms with van der Waals surface area (Å²) in [6, 6.07) is 1.91. The molecule has 0 N–H and O–H groups in total. The number of rotatable bonds is 5. The Balaban J connectivity index is 2.76. The number of hydrogen-bond acceptors (Lipinski definition) is 6. The fraction of sp³-hybridized carbons (Fsp3) is 0.500. The molecule has 6 heteroatoms. The van der Waals surface area contributed by atoms with Gasteiger partial charge in [-0.05, 0) is 6.92 Å². The van der Waals surface area contributed by atoms with Gasteiger partial charge in [-0.3, -0.25) is 4.79 Å². The van der Waals surface area contributed by atoms with E-state index in [9.17, 15) is 4.79 Å². The first-order valence-electron chi connectivity index (χ1n) is 5.67. The quantitative estimate of drug-likeness (QED) is 0.723. The zero-order valence-electron chi connectivity index (χ0n) is 10.8. The number of anilines is 1. The Hall–Kier alpha value is -2.16. The van der Waals surface area contributed by atoms with Gasteiger partial charge in [0.05, 0.1) is 25.4 Å². The maximum absolute atomic E-state index is 11.4. The van der Waals surface area contributed by atoms with E-state index < -0.39 is 0 Å². The molecule has 1 heterocycles. The summed E-state index contributed by atoms with van der Waals surface area (Å²) in [7, 11) is 1.37. The lowest BCUT2D eigenvalue weighted by atomic mass is 10.1. The molecule has 0 saturated carbocycles. The third kappa shape index (κ3) is 3.42. The molecule has 0 radical (unpaired) electrons. The minimum atomic E-state index is -0.255. The van der Waals surface area contributed by atoms with Gasteiger partial charge in [-0.25, -0.2) is 9.97 Å². The van der Waals surface area contributed by atoms with E-state index in [0.29, 0.717) is 18.9 Å². The maximum atomic E-state index is 11.4. The zero-order valence-corrected chi connectivity index (χ0v) is 10.8. The van der Waals surface area contributed by atoms with Crippen LogP contribution in [0.4, 0.5) is 5.82 Å². The van der Waals surface area contributed by atoms with Crippen LogP contribution in [0.25, 0.3) is 0 Å². The zero-order chi connectivity index (χ0) is 13.5. The number of nitrogens with zero attached hydrogens (tertiary/aromatic N) is 4. The van der Waals surface area contributed by atoms with Crippen LogP contribution in [0.5, 0.6) is 0 Å². The fourth-order valence-electron chi connectivity index (χ4n) is 1.53. The van der Waals surface area contributed by atoms with Crippen LogP contribution in [0, 0.1) is 17.2 Å². The van der Waals surface area contributed by atoms with Crippen LogP contribution in [0.2, 0.25) is 0 Å². The Bertz CT molecular complexity index is 438. The Morgan fingerprint density at radius 3 is 2.72 bits per heavy atom. The lowest BCUT2D eigenvalue weighted by molar-refractivity contribution is -0.144. The van der Waals surface area contributed by atoms with Crippen molar-refractivity contribution in [3.05, 3.63) is 18.1 Å². The number of methoxy groups -OCH3 is 1. The maximum Gasteiger partial charge on any atom is 0.310 e. The van der Waals surface area contributed by atoms with E-state index in [1.54, 1.807) is 6.92 Å². The van der Waals surface area contributed by atoms with Crippen LogP contribution in [-0.2, 0) is 9.53 Å². The van der Waals surface area contributed by atoms with Gasteiger partial charge in [0.2, 0.25) is 0 Å².